The predicted octanol–water partition coefficient (Wildman–Crippen LogP) is 1.26. The lowest BCUT2D eigenvalue weighted by molar-refractivity contribution is 0.0944. The SMILES string of the molecule is O=C(NCc1nnc2ccccn12)c1cc(C2CC2)[nH]n1. The van der Waals surface area contributed by atoms with Crippen molar-refractivity contribution in [3.63, 3.8) is 0 Å². The number of carbonyl (C=O) groups is 1. The summed E-state index contributed by atoms with van der Waals surface area (Å²) in [6.45, 7) is 0.315. The van der Waals surface area contributed by atoms with Crippen LogP contribution in [0.3, 0.4) is 0 Å². The fourth-order valence-corrected chi connectivity index (χ4v) is 2.32. The number of hydrogen-bond donors (Lipinski definition) is 2. The first-order valence-corrected chi connectivity index (χ1v) is 6.93. The highest BCUT2D eigenvalue weighted by molar-refractivity contribution is 5.92. The van der Waals surface area contributed by atoms with Crippen molar-refractivity contribution in [1.29, 1.82) is 0 Å². The Morgan fingerprint density at radius 1 is 1.38 bits per heavy atom. The summed E-state index contributed by atoms with van der Waals surface area (Å²) in [7, 11) is 0. The van der Waals surface area contributed by atoms with E-state index in [0.717, 1.165) is 11.3 Å². The predicted molar refractivity (Wildman–Crippen MR) is 74.7 cm³/mol. The molecule has 0 unspecified atom stereocenters. The van der Waals surface area contributed by atoms with Crippen LogP contribution in [0.25, 0.3) is 5.65 Å². The summed E-state index contributed by atoms with van der Waals surface area (Å²) in [4.78, 5) is 12.1. The number of hydrogen-bond acceptors (Lipinski definition) is 4. The smallest absolute Gasteiger partial charge is 0.272 e. The Morgan fingerprint density at radius 2 is 2.29 bits per heavy atom. The highest BCUT2D eigenvalue weighted by Gasteiger charge is 2.26. The molecule has 3 aromatic rings. The molecule has 21 heavy (non-hydrogen) atoms. The van der Waals surface area contributed by atoms with E-state index in [-0.39, 0.29) is 5.91 Å². The summed E-state index contributed by atoms with van der Waals surface area (Å²) in [6.07, 6.45) is 4.22. The number of amides is 1. The van der Waals surface area contributed by atoms with Gasteiger partial charge in [-0.2, -0.15) is 5.10 Å². The zero-order valence-corrected chi connectivity index (χ0v) is 11.3. The first-order valence-electron chi connectivity index (χ1n) is 6.93. The van der Waals surface area contributed by atoms with Crippen molar-refractivity contribution in [3.8, 4) is 0 Å². The van der Waals surface area contributed by atoms with E-state index in [1.54, 1.807) is 0 Å². The maximum Gasteiger partial charge on any atom is 0.272 e. The summed E-state index contributed by atoms with van der Waals surface area (Å²) in [5.74, 6) is 1.04. The van der Waals surface area contributed by atoms with Crippen molar-refractivity contribution < 1.29 is 4.79 Å². The molecular weight excluding hydrogens is 268 g/mol. The number of nitrogens with one attached hydrogen (secondary N) is 2. The van der Waals surface area contributed by atoms with Crippen LogP contribution in [-0.4, -0.2) is 30.7 Å². The summed E-state index contributed by atoms with van der Waals surface area (Å²) in [6, 6.07) is 7.50. The van der Waals surface area contributed by atoms with Crippen molar-refractivity contribution in [3.05, 3.63) is 47.7 Å². The Morgan fingerprint density at radius 3 is 3.14 bits per heavy atom. The zero-order chi connectivity index (χ0) is 14.2. The summed E-state index contributed by atoms with van der Waals surface area (Å²) in [5, 5.41) is 17.9. The van der Waals surface area contributed by atoms with E-state index in [1.165, 1.54) is 12.8 Å². The normalized spacial score (nSPS) is 14.5. The second kappa shape index (κ2) is 4.69. The minimum Gasteiger partial charge on any atom is -0.343 e. The largest absolute Gasteiger partial charge is 0.343 e. The van der Waals surface area contributed by atoms with Gasteiger partial charge in [0.05, 0.1) is 6.54 Å². The molecule has 7 nitrogen and oxygen atoms in total. The maximum absolute atomic E-state index is 12.1. The molecule has 1 fully saturated rings. The van der Waals surface area contributed by atoms with Gasteiger partial charge in [-0.25, -0.2) is 0 Å². The van der Waals surface area contributed by atoms with Crippen LogP contribution in [0.15, 0.2) is 30.5 Å². The van der Waals surface area contributed by atoms with Gasteiger partial charge in [0.1, 0.15) is 5.69 Å². The first kappa shape index (κ1) is 12.1. The van der Waals surface area contributed by atoms with E-state index in [1.807, 2.05) is 34.9 Å². The van der Waals surface area contributed by atoms with E-state index in [0.29, 0.717) is 24.0 Å². The number of nitrogens with zero attached hydrogens (tertiary/aromatic N) is 4. The highest BCUT2D eigenvalue weighted by atomic mass is 16.1. The first-order chi connectivity index (χ1) is 10.3. The van der Waals surface area contributed by atoms with Crippen molar-refractivity contribution in [2.24, 2.45) is 0 Å². The Balaban J connectivity index is 1.46. The third-order valence-electron chi connectivity index (χ3n) is 3.64. The third kappa shape index (κ3) is 2.26. The number of aromatic nitrogens is 5. The number of H-pyrrole nitrogens is 1. The van der Waals surface area contributed by atoms with E-state index in [4.69, 9.17) is 0 Å². The van der Waals surface area contributed by atoms with Gasteiger partial charge >= 0.3 is 0 Å². The molecule has 1 aliphatic carbocycles. The molecular formula is C14H14N6O. The fraction of sp³-hybridized carbons (Fsp3) is 0.286. The van der Waals surface area contributed by atoms with E-state index >= 15 is 0 Å². The Kier molecular flexibility index (Phi) is 2.70. The molecule has 1 saturated carbocycles. The molecule has 0 radical (unpaired) electrons. The van der Waals surface area contributed by atoms with Crippen molar-refractivity contribution in [2.75, 3.05) is 0 Å². The van der Waals surface area contributed by atoms with Gasteiger partial charge in [-0.1, -0.05) is 6.07 Å². The van der Waals surface area contributed by atoms with Gasteiger partial charge in [-0.15, -0.1) is 10.2 Å². The monoisotopic (exact) mass is 282 g/mol. The van der Waals surface area contributed by atoms with Gasteiger partial charge in [-0.05, 0) is 31.0 Å². The van der Waals surface area contributed by atoms with Crippen LogP contribution in [-0.2, 0) is 6.54 Å². The van der Waals surface area contributed by atoms with Gasteiger partial charge in [0.2, 0.25) is 0 Å². The molecule has 0 spiro atoms. The average molecular weight is 282 g/mol. The number of fused-ring (bicyclic) bond motifs is 1. The van der Waals surface area contributed by atoms with Gasteiger partial charge in [0, 0.05) is 17.8 Å². The molecule has 0 aromatic carbocycles. The van der Waals surface area contributed by atoms with Crippen LogP contribution >= 0.6 is 0 Å². The molecule has 4 rings (SSSR count). The van der Waals surface area contributed by atoms with Crippen LogP contribution in [0.2, 0.25) is 0 Å². The molecule has 1 aliphatic rings. The zero-order valence-electron chi connectivity index (χ0n) is 11.3. The second-order valence-corrected chi connectivity index (χ2v) is 5.21. The molecule has 0 saturated heterocycles. The van der Waals surface area contributed by atoms with Gasteiger partial charge in [0.15, 0.2) is 11.5 Å². The van der Waals surface area contributed by atoms with Crippen LogP contribution in [0, 0.1) is 0 Å². The number of pyridine rings is 1. The number of aromatic amines is 1. The van der Waals surface area contributed by atoms with Gasteiger partial charge < -0.3 is 5.32 Å². The lowest BCUT2D eigenvalue weighted by atomic mass is 10.2. The molecule has 2 N–H and O–H groups in total. The van der Waals surface area contributed by atoms with Crippen LogP contribution in [0.5, 0.6) is 0 Å². The molecule has 7 heteroatoms. The third-order valence-corrected chi connectivity index (χ3v) is 3.64. The highest BCUT2D eigenvalue weighted by Crippen LogP contribution is 2.38. The minimum atomic E-state index is -0.203. The number of carbonyl (C=O) groups excluding carboxylic acids is 1. The standard InChI is InChI=1S/C14H14N6O/c21-14(11-7-10(16-17-11)9-4-5-9)15-8-13-19-18-12-3-1-2-6-20(12)13/h1-3,6-7,9H,4-5,8H2,(H,15,21)(H,16,17). The second-order valence-electron chi connectivity index (χ2n) is 5.21. The molecule has 106 valence electrons. The molecule has 3 aromatic heterocycles. The minimum absolute atomic E-state index is 0.203. The summed E-state index contributed by atoms with van der Waals surface area (Å²) < 4.78 is 1.85. The van der Waals surface area contributed by atoms with Crippen LogP contribution in [0.4, 0.5) is 0 Å². The van der Waals surface area contributed by atoms with Crippen LogP contribution in [0.1, 0.15) is 40.8 Å². The van der Waals surface area contributed by atoms with E-state index < -0.39 is 0 Å². The Labute approximate surface area is 120 Å². The fourth-order valence-electron chi connectivity index (χ4n) is 2.32. The average Bonchev–Trinajstić information content (AvgIpc) is 3.11. The molecule has 0 aliphatic heterocycles. The summed E-state index contributed by atoms with van der Waals surface area (Å²) >= 11 is 0. The van der Waals surface area contributed by atoms with E-state index in [2.05, 4.69) is 25.7 Å². The molecule has 1 amide bonds. The van der Waals surface area contributed by atoms with Crippen molar-refractivity contribution >= 4 is 11.6 Å². The van der Waals surface area contributed by atoms with Gasteiger partial charge in [-0.3, -0.25) is 14.3 Å². The quantitative estimate of drug-likeness (QED) is 0.754. The molecule has 0 atom stereocenters. The topological polar surface area (TPSA) is 88.0 Å². The number of rotatable bonds is 4. The Bertz CT molecular complexity index is 801. The van der Waals surface area contributed by atoms with Crippen molar-refractivity contribution in [1.82, 2.24) is 30.1 Å². The molecule has 3 heterocycles. The summed E-state index contributed by atoms with van der Waals surface area (Å²) in [5.41, 5.74) is 2.23. The maximum atomic E-state index is 12.1. The van der Waals surface area contributed by atoms with Crippen LogP contribution < -0.4 is 5.32 Å². The van der Waals surface area contributed by atoms with E-state index in [9.17, 15) is 4.79 Å². The van der Waals surface area contributed by atoms with Crippen molar-refractivity contribution in [2.45, 2.75) is 25.3 Å². The van der Waals surface area contributed by atoms with Gasteiger partial charge in [0.25, 0.3) is 5.91 Å². The molecule has 0 bridgehead atoms. The lowest BCUT2D eigenvalue weighted by Crippen LogP contribution is -2.24. The Hall–Kier alpha value is -2.70. The lowest BCUT2D eigenvalue weighted by Gasteiger charge is -2.01.